The van der Waals surface area contributed by atoms with Crippen LogP contribution in [0.15, 0.2) is 41.8 Å². The Labute approximate surface area is 157 Å². The molecule has 1 atom stereocenters. The molecule has 0 saturated carbocycles. The third-order valence-electron chi connectivity index (χ3n) is 2.84. The molecule has 0 radical (unpaired) electrons. The topological polar surface area (TPSA) is 50.7 Å². The van der Waals surface area contributed by atoms with Crippen molar-refractivity contribution in [1.82, 2.24) is 5.32 Å². The number of likely N-dealkylation sites (N-methyl/N-ethyl adjacent to an activating group) is 1. The largest absolute Gasteiger partial charge is 0.502 e. The Morgan fingerprint density at radius 2 is 1.72 bits per heavy atom. The van der Waals surface area contributed by atoms with E-state index in [0.717, 1.165) is 25.0 Å². The Hall–Kier alpha value is -1.68. The molecule has 0 aromatic carbocycles. The fourth-order valence-electron chi connectivity index (χ4n) is 1.07. The number of carbonyl (C=O) groups is 1. The maximum absolute atomic E-state index is 10.5. The first-order valence-corrected chi connectivity index (χ1v) is 8.94. The van der Waals surface area contributed by atoms with Crippen molar-refractivity contribution < 1.29 is 9.53 Å². The average Bonchev–Trinajstić information content (AvgIpc) is 2.63. The van der Waals surface area contributed by atoms with Crippen molar-refractivity contribution in [3.63, 3.8) is 0 Å². The second-order valence-corrected chi connectivity index (χ2v) is 4.86. The van der Waals surface area contributed by atoms with Crippen LogP contribution in [0, 0.1) is 0 Å². The van der Waals surface area contributed by atoms with Crippen molar-refractivity contribution in [1.29, 1.82) is 0 Å². The van der Waals surface area contributed by atoms with Crippen molar-refractivity contribution in [3.8, 4) is 0 Å². The zero-order valence-corrected chi connectivity index (χ0v) is 18.1. The molecule has 0 bridgehead atoms. The Kier molecular flexibility index (Phi) is 37.6. The molecule has 0 aliphatic heterocycles. The summed E-state index contributed by atoms with van der Waals surface area (Å²) in [5.41, 5.74) is 0. The Morgan fingerprint density at radius 3 is 1.84 bits per heavy atom. The summed E-state index contributed by atoms with van der Waals surface area (Å²) >= 11 is 0. The molecule has 0 rings (SSSR count). The van der Waals surface area contributed by atoms with E-state index in [9.17, 15) is 4.79 Å². The molecule has 4 nitrogen and oxygen atoms in total. The summed E-state index contributed by atoms with van der Waals surface area (Å²) in [6.45, 7) is 17.0. The van der Waals surface area contributed by atoms with Gasteiger partial charge in [0.25, 0.3) is 0 Å². The van der Waals surface area contributed by atoms with Crippen LogP contribution in [0.5, 0.6) is 0 Å². The van der Waals surface area contributed by atoms with Gasteiger partial charge in [-0.2, -0.15) is 0 Å². The second-order valence-electron chi connectivity index (χ2n) is 4.86. The number of aliphatic imine (C=N–C) groups is 1. The zero-order chi connectivity index (χ0) is 20.5. The monoisotopic (exact) mass is 354 g/mol. The highest BCUT2D eigenvalue weighted by Gasteiger charge is 2.05. The molecular formula is C21H42N2O2. The van der Waals surface area contributed by atoms with E-state index < -0.39 is 0 Å². The first-order chi connectivity index (χ1) is 11.9. The number of ketones is 1. The highest BCUT2D eigenvalue weighted by molar-refractivity contribution is 5.81. The highest BCUT2D eigenvalue weighted by Crippen LogP contribution is 1.89. The molecule has 0 amide bonds. The minimum atomic E-state index is 0.0648. The molecule has 0 aliphatic rings. The minimum absolute atomic E-state index is 0.0648. The van der Waals surface area contributed by atoms with Crippen LogP contribution >= 0.6 is 0 Å². The number of nitrogens with zero attached hydrogens (tertiary/aromatic N) is 1. The SMILES string of the molecule is C/C=C(\C)OC.C=CCC.CC=N/C=C\CC.CC[C@H](NC)C(C)=O. The molecule has 0 aromatic heterocycles. The lowest BCUT2D eigenvalue weighted by Crippen LogP contribution is -2.31. The van der Waals surface area contributed by atoms with E-state index in [0.29, 0.717) is 0 Å². The number of rotatable bonds is 7. The third-order valence-corrected chi connectivity index (χ3v) is 2.84. The quantitative estimate of drug-likeness (QED) is 0.362. The summed E-state index contributed by atoms with van der Waals surface area (Å²) in [6.07, 6.45) is 12.4. The zero-order valence-electron chi connectivity index (χ0n) is 18.1. The van der Waals surface area contributed by atoms with Crippen molar-refractivity contribution in [3.05, 3.63) is 36.8 Å². The fourth-order valence-corrected chi connectivity index (χ4v) is 1.07. The van der Waals surface area contributed by atoms with Gasteiger partial charge in [0.05, 0.1) is 18.9 Å². The van der Waals surface area contributed by atoms with E-state index in [1.54, 1.807) is 33.5 Å². The summed E-state index contributed by atoms with van der Waals surface area (Å²) in [4.78, 5) is 14.4. The maximum atomic E-state index is 10.5. The van der Waals surface area contributed by atoms with Crippen molar-refractivity contribution in [2.24, 2.45) is 4.99 Å². The molecule has 0 unspecified atom stereocenters. The van der Waals surface area contributed by atoms with Crippen LogP contribution < -0.4 is 5.32 Å². The molecule has 0 aromatic rings. The van der Waals surface area contributed by atoms with Gasteiger partial charge in [-0.3, -0.25) is 9.79 Å². The predicted molar refractivity (Wildman–Crippen MR) is 114 cm³/mol. The lowest BCUT2D eigenvalue weighted by atomic mass is 10.1. The van der Waals surface area contributed by atoms with Crippen LogP contribution in [0.2, 0.25) is 0 Å². The van der Waals surface area contributed by atoms with Gasteiger partial charge in [-0.15, -0.1) is 6.58 Å². The van der Waals surface area contributed by atoms with Gasteiger partial charge in [-0.1, -0.05) is 39.0 Å². The number of carbonyl (C=O) groups excluding carboxylic acids is 1. The van der Waals surface area contributed by atoms with Crippen LogP contribution in [0.25, 0.3) is 0 Å². The van der Waals surface area contributed by atoms with Crippen molar-refractivity contribution >= 4 is 12.0 Å². The Balaban J connectivity index is -0.000000121. The van der Waals surface area contributed by atoms with Crippen LogP contribution in [-0.4, -0.2) is 32.2 Å². The molecule has 0 saturated heterocycles. The van der Waals surface area contributed by atoms with E-state index in [1.165, 1.54) is 0 Å². The van der Waals surface area contributed by atoms with Gasteiger partial charge in [0.15, 0.2) is 0 Å². The van der Waals surface area contributed by atoms with E-state index in [2.05, 4.69) is 30.7 Å². The van der Waals surface area contributed by atoms with Crippen LogP contribution in [-0.2, 0) is 9.53 Å². The fraction of sp³-hybridized carbons (Fsp3) is 0.619. The van der Waals surface area contributed by atoms with Crippen LogP contribution in [0.4, 0.5) is 0 Å². The molecule has 0 spiro atoms. The number of hydrogen-bond donors (Lipinski definition) is 1. The molecular weight excluding hydrogens is 312 g/mol. The highest BCUT2D eigenvalue weighted by atomic mass is 16.5. The Morgan fingerprint density at radius 1 is 1.20 bits per heavy atom. The standard InChI is InChI=1S/C6H13NO.C6H11N.C5H10O.C4H8/c1-4-6(7-3)5(2)8;1-3-5-6-7-4-2;1-4-5(2)6-3;1-3-4-2/h6-7H,4H2,1-3H3;4-6H,3H2,1-2H3;4H,1-3H3;3H,1,4H2,2H3/b;6-5-,7-4?;5-4+;/t6-;;;/m0.../s1. The first-order valence-electron chi connectivity index (χ1n) is 8.94. The third kappa shape index (κ3) is 39.3. The summed E-state index contributed by atoms with van der Waals surface area (Å²) in [5, 5.41) is 2.90. The number of hydrogen-bond acceptors (Lipinski definition) is 4. The van der Waals surface area contributed by atoms with Gasteiger partial charge in [0.2, 0.25) is 0 Å². The second kappa shape index (κ2) is 30.2. The van der Waals surface area contributed by atoms with E-state index in [4.69, 9.17) is 4.74 Å². The van der Waals surface area contributed by atoms with E-state index >= 15 is 0 Å². The van der Waals surface area contributed by atoms with Gasteiger partial charge < -0.3 is 10.1 Å². The van der Waals surface area contributed by atoms with E-state index in [1.807, 2.05) is 45.9 Å². The first kappa shape index (κ1) is 31.1. The van der Waals surface area contributed by atoms with Crippen molar-refractivity contribution in [2.45, 2.75) is 73.8 Å². The lowest BCUT2D eigenvalue weighted by Gasteiger charge is -2.07. The lowest BCUT2D eigenvalue weighted by molar-refractivity contribution is -0.118. The van der Waals surface area contributed by atoms with Gasteiger partial charge in [0.1, 0.15) is 5.78 Å². The molecule has 1 N–H and O–H groups in total. The number of nitrogens with one attached hydrogen (secondary N) is 1. The predicted octanol–water partition coefficient (Wildman–Crippen LogP) is 5.71. The number of Topliss-reactive ketones (excluding diaryl/α,β-unsaturated/α-hetero) is 1. The smallest absolute Gasteiger partial charge is 0.146 e. The van der Waals surface area contributed by atoms with Gasteiger partial charge in [-0.05, 0) is 54.0 Å². The molecule has 0 aliphatic carbocycles. The van der Waals surface area contributed by atoms with Crippen LogP contribution in [0.3, 0.4) is 0 Å². The maximum Gasteiger partial charge on any atom is 0.146 e. The number of methoxy groups -OCH3 is 1. The molecule has 25 heavy (non-hydrogen) atoms. The van der Waals surface area contributed by atoms with Gasteiger partial charge in [0, 0.05) is 12.4 Å². The normalized spacial score (nSPS) is 11.3. The summed E-state index contributed by atoms with van der Waals surface area (Å²) < 4.78 is 4.76. The number of ether oxygens (including phenoxy) is 1. The summed E-state index contributed by atoms with van der Waals surface area (Å²) in [5.74, 6) is 1.19. The minimum Gasteiger partial charge on any atom is -0.502 e. The van der Waals surface area contributed by atoms with Gasteiger partial charge >= 0.3 is 0 Å². The van der Waals surface area contributed by atoms with Gasteiger partial charge in [-0.25, -0.2) is 0 Å². The Bertz CT molecular complexity index is 355. The van der Waals surface area contributed by atoms with E-state index in [-0.39, 0.29) is 11.8 Å². The average molecular weight is 355 g/mol. The van der Waals surface area contributed by atoms with Crippen LogP contribution in [0.1, 0.15) is 67.7 Å². The molecule has 0 fully saturated rings. The summed E-state index contributed by atoms with van der Waals surface area (Å²) in [7, 11) is 3.46. The molecule has 4 heteroatoms. The number of allylic oxidation sites excluding steroid dienone is 4. The van der Waals surface area contributed by atoms with Crippen molar-refractivity contribution in [2.75, 3.05) is 14.2 Å². The summed E-state index contributed by atoms with van der Waals surface area (Å²) in [6, 6.07) is 0.0648. The molecule has 0 heterocycles. The molecule has 148 valence electrons.